The highest BCUT2D eigenvalue weighted by Gasteiger charge is 2.36. The third kappa shape index (κ3) is 1.44. The molecule has 1 atom stereocenters. The summed E-state index contributed by atoms with van der Waals surface area (Å²) in [6, 6.07) is 4.23. The van der Waals surface area contributed by atoms with Crippen LogP contribution in [0.5, 0.6) is 0 Å². The lowest BCUT2D eigenvalue weighted by Gasteiger charge is -2.34. The first-order chi connectivity index (χ1) is 6.77. The number of hydrogen-bond acceptors (Lipinski definition) is 2. The minimum atomic E-state index is 0.225. The molecular formula is C12H18N2. The molecule has 0 spiro atoms. The fraction of sp³-hybridized carbons (Fsp3) is 0.583. The first-order valence-corrected chi connectivity index (χ1v) is 5.43. The van der Waals surface area contributed by atoms with E-state index in [9.17, 15) is 0 Å². The number of hydrogen-bond donors (Lipinski definition) is 0. The van der Waals surface area contributed by atoms with E-state index in [0.29, 0.717) is 0 Å². The third-order valence-corrected chi connectivity index (χ3v) is 3.45. The van der Waals surface area contributed by atoms with Crippen molar-refractivity contribution in [2.24, 2.45) is 0 Å². The summed E-state index contributed by atoms with van der Waals surface area (Å²) < 4.78 is 0. The third-order valence-electron chi connectivity index (χ3n) is 3.45. The Balaban J connectivity index is 2.31. The smallest absolute Gasteiger partial charge is 0.0448 e. The molecule has 2 heterocycles. The van der Waals surface area contributed by atoms with Gasteiger partial charge in [-0.05, 0) is 44.5 Å². The zero-order valence-corrected chi connectivity index (χ0v) is 9.03. The molecule has 0 N–H and O–H groups in total. The first kappa shape index (κ1) is 9.66. The van der Waals surface area contributed by atoms with E-state index in [1.54, 1.807) is 0 Å². The Kier molecular flexibility index (Phi) is 2.55. The molecule has 2 rings (SSSR count). The van der Waals surface area contributed by atoms with Gasteiger partial charge in [0.2, 0.25) is 0 Å². The van der Waals surface area contributed by atoms with Crippen LogP contribution < -0.4 is 0 Å². The van der Waals surface area contributed by atoms with Gasteiger partial charge in [-0.25, -0.2) is 0 Å². The maximum absolute atomic E-state index is 4.22. The molecule has 1 aliphatic rings. The van der Waals surface area contributed by atoms with Crippen LogP contribution in [0.15, 0.2) is 24.5 Å². The second kappa shape index (κ2) is 3.70. The lowest BCUT2D eigenvalue weighted by Crippen LogP contribution is -2.38. The van der Waals surface area contributed by atoms with E-state index in [-0.39, 0.29) is 5.54 Å². The van der Waals surface area contributed by atoms with Crippen LogP contribution in [-0.4, -0.2) is 23.0 Å². The SMILES string of the molecule is CCN1CCCC1(C)c1cccnc1. The molecule has 1 aliphatic heterocycles. The van der Waals surface area contributed by atoms with Crippen molar-refractivity contribution in [3.05, 3.63) is 30.1 Å². The quantitative estimate of drug-likeness (QED) is 0.712. The zero-order valence-electron chi connectivity index (χ0n) is 9.03. The molecule has 1 aromatic rings. The Labute approximate surface area is 86.0 Å². The lowest BCUT2D eigenvalue weighted by molar-refractivity contribution is 0.165. The summed E-state index contributed by atoms with van der Waals surface area (Å²) in [5.74, 6) is 0. The van der Waals surface area contributed by atoms with E-state index in [0.717, 1.165) is 6.54 Å². The summed E-state index contributed by atoms with van der Waals surface area (Å²) in [6.07, 6.45) is 6.41. The van der Waals surface area contributed by atoms with Crippen LogP contribution in [0, 0.1) is 0 Å². The molecule has 1 aromatic heterocycles. The molecule has 2 nitrogen and oxygen atoms in total. The Morgan fingerprint density at radius 3 is 3.07 bits per heavy atom. The lowest BCUT2D eigenvalue weighted by atomic mass is 9.91. The highest BCUT2D eigenvalue weighted by Crippen LogP contribution is 2.37. The van der Waals surface area contributed by atoms with Crippen molar-refractivity contribution in [3.63, 3.8) is 0 Å². The van der Waals surface area contributed by atoms with Crippen LogP contribution in [0.3, 0.4) is 0 Å². The average Bonchev–Trinajstić information content (AvgIpc) is 2.62. The summed E-state index contributed by atoms with van der Waals surface area (Å²) in [5.41, 5.74) is 1.59. The van der Waals surface area contributed by atoms with Crippen molar-refractivity contribution in [2.45, 2.75) is 32.2 Å². The number of rotatable bonds is 2. The van der Waals surface area contributed by atoms with Gasteiger partial charge in [0.1, 0.15) is 0 Å². The minimum Gasteiger partial charge on any atom is -0.294 e. The Bertz CT molecular complexity index is 296. The second-order valence-corrected chi connectivity index (χ2v) is 4.20. The standard InChI is InChI=1S/C12H18N2/c1-3-14-9-5-7-12(14,2)11-6-4-8-13-10-11/h4,6,8,10H,3,5,7,9H2,1-2H3. The molecule has 0 bridgehead atoms. The monoisotopic (exact) mass is 190 g/mol. The number of aromatic nitrogens is 1. The molecule has 14 heavy (non-hydrogen) atoms. The zero-order chi connectivity index (χ0) is 10.0. The van der Waals surface area contributed by atoms with Crippen molar-refractivity contribution in [1.82, 2.24) is 9.88 Å². The normalized spacial score (nSPS) is 28.1. The predicted molar refractivity (Wildman–Crippen MR) is 58.1 cm³/mol. The largest absolute Gasteiger partial charge is 0.294 e. The van der Waals surface area contributed by atoms with Gasteiger partial charge in [0.05, 0.1) is 0 Å². The van der Waals surface area contributed by atoms with Gasteiger partial charge in [0, 0.05) is 17.9 Å². The topological polar surface area (TPSA) is 16.1 Å². The fourth-order valence-corrected chi connectivity index (χ4v) is 2.53. The van der Waals surface area contributed by atoms with Gasteiger partial charge in [0.25, 0.3) is 0 Å². The van der Waals surface area contributed by atoms with E-state index >= 15 is 0 Å². The van der Waals surface area contributed by atoms with Crippen molar-refractivity contribution in [2.75, 3.05) is 13.1 Å². The van der Waals surface area contributed by atoms with Crippen molar-refractivity contribution in [1.29, 1.82) is 0 Å². The summed E-state index contributed by atoms with van der Waals surface area (Å²) in [5, 5.41) is 0. The van der Waals surface area contributed by atoms with Gasteiger partial charge in [-0.1, -0.05) is 13.0 Å². The van der Waals surface area contributed by atoms with Gasteiger partial charge in [-0.2, -0.15) is 0 Å². The first-order valence-electron chi connectivity index (χ1n) is 5.43. The van der Waals surface area contributed by atoms with Crippen LogP contribution in [0.1, 0.15) is 32.3 Å². The molecule has 0 aromatic carbocycles. The van der Waals surface area contributed by atoms with Crippen LogP contribution >= 0.6 is 0 Å². The number of likely N-dealkylation sites (tertiary alicyclic amines) is 1. The van der Waals surface area contributed by atoms with E-state index < -0.39 is 0 Å². The van der Waals surface area contributed by atoms with E-state index in [2.05, 4.69) is 29.8 Å². The van der Waals surface area contributed by atoms with Crippen molar-refractivity contribution in [3.8, 4) is 0 Å². The molecule has 1 unspecified atom stereocenters. The minimum absolute atomic E-state index is 0.225. The van der Waals surface area contributed by atoms with Gasteiger partial charge in [-0.3, -0.25) is 9.88 Å². The maximum atomic E-state index is 4.22. The van der Waals surface area contributed by atoms with Crippen LogP contribution in [0.25, 0.3) is 0 Å². The number of pyridine rings is 1. The fourth-order valence-electron chi connectivity index (χ4n) is 2.53. The van der Waals surface area contributed by atoms with Crippen molar-refractivity contribution >= 4 is 0 Å². The molecule has 1 saturated heterocycles. The molecule has 1 fully saturated rings. The predicted octanol–water partition coefficient (Wildman–Crippen LogP) is 2.41. The van der Waals surface area contributed by atoms with Gasteiger partial charge < -0.3 is 0 Å². The van der Waals surface area contributed by atoms with Gasteiger partial charge in [-0.15, -0.1) is 0 Å². The molecule has 0 saturated carbocycles. The highest BCUT2D eigenvalue weighted by atomic mass is 15.2. The molecule has 76 valence electrons. The molecule has 0 radical (unpaired) electrons. The summed E-state index contributed by atoms with van der Waals surface area (Å²) in [4.78, 5) is 6.76. The summed E-state index contributed by atoms with van der Waals surface area (Å²) in [6.45, 7) is 6.92. The average molecular weight is 190 g/mol. The van der Waals surface area contributed by atoms with Crippen LogP contribution in [-0.2, 0) is 5.54 Å². The number of nitrogens with zero attached hydrogens (tertiary/aromatic N) is 2. The van der Waals surface area contributed by atoms with Gasteiger partial charge >= 0.3 is 0 Å². The Morgan fingerprint density at radius 1 is 1.57 bits per heavy atom. The molecule has 0 aliphatic carbocycles. The van der Waals surface area contributed by atoms with Crippen molar-refractivity contribution < 1.29 is 0 Å². The second-order valence-electron chi connectivity index (χ2n) is 4.20. The molecular weight excluding hydrogens is 172 g/mol. The summed E-state index contributed by atoms with van der Waals surface area (Å²) in [7, 11) is 0. The Morgan fingerprint density at radius 2 is 2.43 bits per heavy atom. The summed E-state index contributed by atoms with van der Waals surface area (Å²) >= 11 is 0. The van der Waals surface area contributed by atoms with E-state index in [4.69, 9.17) is 0 Å². The highest BCUT2D eigenvalue weighted by molar-refractivity contribution is 5.21. The molecule has 2 heteroatoms. The van der Waals surface area contributed by atoms with Crippen LogP contribution in [0.4, 0.5) is 0 Å². The molecule has 0 amide bonds. The van der Waals surface area contributed by atoms with E-state index in [1.807, 2.05) is 18.5 Å². The Hall–Kier alpha value is -0.890. The van der Waals surface area contributed by atoms with Crippen LogP contribution in [0.2, 0.25) is 0 Å². The van der Waals surface area contributed by atoms with E-state index in [1.165, 1.54) is 24.9 Å². The van der Waals surface area contributed by atoms with Gasteiger partial charge in [0.15, 0.2) is 0 Å². The maximum Gasteiger partial charge on any atom is 0.0448 e.